The molecule has 0 radical (unpaired) electrons. The minimum Gasteiger partial charge on any atom is -0.495 e. The lowest BCUT2D eigenvalue weighted by Gasteiger charge is -2.26. The zero-order valence-electron chi connectivity index (χ0n) is 18.8. The summed E-state index contributed by atoms with van der Waals surface area (Å²) < 4.78 is 5.73. The SMILES string of the molecule is COc1c(C#Cc2ccc(C)cc2)cc(N(/C=C\C(C)=O)C(C)=O)cc1C(C)(C)C. The molecule has 0 heterocycles. The van der Waals surface area contributed by atoms with Gasteiger partial charge < -0.3 is 4.74 Å². The minimum atomic E-state index is -0.242. The van der Waals surface area contributed by atoms with Gasteiger partial charge in [-0.1, -0.05) is 50.3 Å². The van der Waals surface area contributed by atoms with Crippen LogP contribution < -0.4 is 9.64 Å². The molecule has 0 N–H and O–H groups in total. The van der Waals surface area contributed by atoms with Crippen LogP contribution >= 0.6 is 0 Å². The van der Waals surface area contributed by atoms with Crippen molar-refractivity contribution in [1.82, 2.24) is 0 Å². The second-order valence-corrected chi connectivity index (χ2v) is 8.26. The largest absolute Gasteiger partial charge is 0.495 e. The number of carbonyl (C=O) groups is 2. The maximum absolute atomic E-state index is 12.3. The van der Waals surface area contributed by atoms with Crippen molar-refractivity contribution >= 4 is 17.4 Å². The number of ether oxygens (including phenoxy) is 1. The van der Waals surface area contributed by atoms with E-state index in [0.717, 1.165) is 11.1 Å². The Morgan fingerprint density at radius 1 is 1.03 bits per heavy atom. The van der Waals surface area contributed by atoms with Crippen LogP contribution in [0.25, 0.3) is 0 Å². The third-order valence-electron chi connectivity index (χ3n) is 4.55. The molecule has 4 nitrogen and oxygen atoms in total. The van der Waals surface area contributed by atoms with Crippen molar-refractivity contribution < 1.29 is 14.3 Å². The van der Waals surface area contributed by atoms with Crippen molar-refractivity contribution in [3.63, 3.8) is 0 Å². The van der Waals surface area contributed by atoms with Gasteiger partial charge >= 0.3 is 0 Å². The number of aryl methyl sites for hydroxylation is 1. The van der Waals surface area contributed by atoms with Gasteiger partial charge in [0.2, 0.25) is 5.91 Å². The molecule has 0 saturated carbocycles. The monoisotopic (exact) mass is 403 g/mol. The molecule has 156 valence electrons. The fraction of sp³-hybridized carbons (Fsp3) is 0.308. The molecule has 0 saturated heterocycles. The summed E-state index contributed by atoms with van der Waals surface area (Å²) in [6.45, 7) is 11.2. The Hall–Kier alpha value is -3.32. The van der Waals surface area contributed by atoms with Crippen LogP contribution in [0, 0.1) is 18.8 Å². The van der Waals surface area contributed by atoms with E-state index in [-0.39, 0.29) is 17.1 Å². The number of rotatable bonds is 4. The fourth-order valence-corrected chi connectivity index (χ4v) is 2.95. The van der Waals surface area contributed by atoms with E-state index in [9.17, 15) is 9.59 Å². The number of nitrogens with zero attached hydrogens (tertiary/aromatic N) is 1. The first kappa shape index (κ1) is 23.0. The van der Waals surface area contributed by atoms with E-state index in [4.69, 9.17) is 4.74 Å². The second kappa shape index (κ2) is 9.45. The highest BCUT2D eigenvalue weighted by Gasteiger charge is 2.24. The lowest BCUT2D eigenvalue weighted by atomic mass is 9.84. The third kappa shape index (κ3) is 5.84. The van der Waals surface area contributed by atoms with Crippen molar-refractivity contribution in [3.8, 4) is 17.6 Å². The van der Waals surface area contributed by atoms with Crippen molar-refractivity contribution in [3.05, 3.63) is 70.9 Å². The molecule has 2 aromatic rings. The average Bonchev–Trinajstić information content (AvgIpc) is 2.66. The van der Waals surface area contributed by atoms with E-state index >= 15 is 0 Å². The van der Waals surface area contributed by atoms with Gasteiger partial charge in [-0.05, 0) is 49.6 Å². The summed E-state index contributed by atoms with van der Waals surface area (Å²) >= 11 is 0. The summed E-state index contributed by atoms with van der Waals surface area (Å²) in [7, 11) is 1.62. The maximum atomic E-state index is 12.3. The molecule has 0 fully saturated rings. The van der Waals surface area contributed by atoms with Crippen LogP contribution in [0.5, 0.6) is 5.75 Å². The van der Waals surface area contributed by atoms with Gasteiger partial charge in [0, 0.05) is 24.3 Å². The number of ketones is 1. The number of hydrogen-bond donors (Lipinski definition) is 0. The van der Waals surface area contributed by atoms with E-state index in [2.05, 4.69) is 32.6 Å². The predicted octanol–water partition coefficient (Wildman–Crippen LogP) is 5.16. The highest BCUT2D eigenvalue weighted by atomic mass is 16.5. The molecule has 0 spiro atoms. The lowest BCUT2D eigenvalue weighted by molar-refractivity contribution is -0.116. The van der Waals surface area contributed by atoms with Crippen LogP contribution in [0.1, 0.15) is 56.9 Å². The second-order valence-electron chi connectivity index (χ2n) is 8.26. The minimum absolute atomic E-state index is 0.134. The van der Waals surface area contributed by atoms with Gasteiger partial charge in [0.1, 0.15) is 5.75 Å². The Morgan fingerprint density at radius 3 is 2.17 bits per heavy atom. The molecular formula is C26H29NO3. The van der Waals surface area contributed by atoms with Crippen LogP contribution in [-0.2, 0) is 15.0 Å². The topological polar surface area (TPSA) is 46.6 Å². The van der Waals surface area contributed by atoms with Crippen molar-refractivity contribution in [2.45, 2.75) is 47.0 Å². The molecule has 0 unspecified atom stereocenters. The van der Waals surface area contributed by atoms with Crippen LogP contribution in [0.3, 0.4) is 0 Å². The highest BCUT2D eigenvalue weighted by Crippen LogP contribution is 2.37. The summed E-state index contributed by atoms with van der Waals surface area (Å²) in [6.07, 6.45) is 2.87. The van der Waals surface area contributed by atoms with Gasteiger partial charge in [-0.25, -0.2) is 0 Å². The smallest absolute Gasteiger partial charge is 0.227 e. The Kier molecular flexibility index (Phi) is 7.24. The van der Waals surface area contributed by atoms with Gasteiger partial charge in [-0.3, -0.25) is 14.5 Å². The summed E-state index contributed by atoms with van der Waals surface area (Å²) in [5.74, 6) is 6.74. The number of amides is 1. The molecule has 0 aliphatic rings. The molecule has 0 aliphatic heterocycles. The number of methoxy groups -OCH3 is 1. The maximum Gasteiger partial charge on any atom is 0.227 e. The molecule has 2 rings (SSSR count). The van der Waals surface area contributed by atoms with Crippen molar-refractivity contribution in [2.24, 2.45) is 0 Å². The van der Waals surface area contributed by atoms with Crippen molar-refractivity contribution in [1.29, 1.82) is 0 Å². The molecule has 0 atom stereocenters. The number of anilines is 1. The number of carbonyl (C=O) groups excluding carboxylic acids is 2. The number of allylic oxidation sites excluding steroid dienone is 1. The standard InChI is InChI=1S/C26H29NO3/c1-18-8-10-21(11-9-18)12-13-22-16-23(27(20(3)29)15-14-19(2)28)17-24(25(22)30-7)26(4,5)6/h8-11,14-17H,1-7H3/b15-14-. The molecule has 30 heavy (non-hydrogen) atoms. The Bertz CT molecular complexity index is 1030. The van der Waals surface area contributed by atoms with Crippen LogP contribution in [0.2, 0.25) is 0 Å². The van der Waals surface area contributed by atoms with Crippen LogP contribution in [0.15, 0.2) is 48.7 Å². The average molecular weight is 404 g/mol. The van der Waals surface area contributed by atoms with E-state index in [1.54, 1.807) is 7.11 Å². The Morgan fingerprint density at radius 2 is 1.67 bits per heavy atom. The molecule has 0 aliphatic carbocycles. The molecule has 1 amide bonds. The predicted molar refractivity (Wildman–Crippen MR) is 122 cm³/mol. The van der Waals surface area contributed by atoms with Gasteiger partial charge in [0.15, 0.2) is 5.78 Å². The molecular weight excluding hydrogens is 374 g/mol. The van der Waals surface area contributed by atoms with Gasteiger partial charge in [0.05, 0.1) is 18.4 Å². The van der Waals surface area contributed by atoms with Crippen LogP contribution in [-0.4, -0.2) is 18.8 Å². The summed E-state index contributed by atoms with van der Waals surface area (Å²) in [5.41, 5.74) is 4.07. The molecule has 0 bridgehead atoms. The molecule has 0 aromatic heterocycles. The zero-order chi connectivity index (χ0) is 22.5. The normalized spacial score (nSPS) is 11.0. The van der Waals surface area contributed by atoms with E-state index in [0.29, 0.717) is 17.0 Å². The fourth-order valence-electron chi connectivity index (χ4n) is 2.95. The summed E-state index contributed by atoms with van der Waals surface area (Å²) in [5, 5.41) is 0. The van der Waals surface area contributed by atoms with Gasteiger partial charge in [-0.15, -0.1) is 0 Å². The van der Waals surface area contributed by atoms with Gasteiger partial charge in [0.25, 0.3) is 0 Å². The third-order valence-corrected chi connectivity index (χ3v) is 4.55. The number of hydrogen-bond acceptors (Lipinski definition) is 3. The molecule has 4 heteroatoms. The Balaban J connectivity index is 2.71. The summed E-state index contributed by atoms with van der Waals surface area (Å²) in [6, 6.07) is 11.7. The van der Waals surface area contributed by atoms with Crippen molar-refractivity contribution in [2.75, 3.05) is 12.0 Å². The lowest BCUT2D eigenvalue weighted by Crippen LogP contribution is -2.23. The first-order valence-corrected chi connectivity index (χ1v) is 9.82. The summed E-state index contributed by atoms with van der Waals surface area (Å²) in [4.78, 5) is 25.2. The van der Waals surface area contributed by atoms with Crippen LogP contribution in [0.4, 0.5) is 5.69 Å². The van der Waals surface area contributed by atoms with E-state index in [1.165, 1.54) is 36.6 Å². The zero-order valence-corrected chi connectivity index (χ0v) is 18.8. The molecule has 2 aromatic carbocycles. The highest BCUT2D eigenvalue weighted by molar-refractivity contribution is 5.96. The number of benzene rings is 2. The van der Waals surface area contributed by atoms with Gasteiger partial charge in [-0.2, -0.15) is 0 Å². The van der Waals surface area contributed by atoms with E-state index in [1.807, 2.05) is 43.3 Å². The first-order valence-electron chi connectivity index (χ1n) is 9.82. The van der Waals surface area contributed by atoms with E-state index < -0.39 is 0 Å². The first-order chi connectivity index (χ1) is 14.0. The quantitative estimate of drug-likeness (QED) is 0.523. The Labute approximate surface area is 179 Å².